The second-order valence-corrected chi connectivity index (χ2v) is 9.07. The van der Waals surface area contributed by atoms with Crippen molar-refractivity contribution in [2.75, 3.05) is 13.1 Å². The van der Waals surface area contributed by atoms with Crippen LogP contribution in [-0.4, -0.2) is 47.3 Å². The molecule has 3 fully saturated rings. The van der Waals surface area contributed by atoms with E-state index < -0.39 is 6.04 Å². The molecule has 1 aromatic rings. The van der Waals surface area contributed by atoms with Gasteiger partial charge < -0.3 is 15.5 Å². The number of benzene rings is 1. The molecule has 1 aromatic carbocycles. The van der Waals surface area contributed by atoms with Crippen LogP contribution in [0.5, 0.6) is 0 Å². The number of rotatable bonds is 5. The first kappa shape index (κ1) is 18.8. The quantitative estimate of drug-likeness (QED) is 0.648. The van der Waals surface area contributed by atoms with E-state index in [1.165, 1.54) is 25.7 Å². The third-order valence-corrected chi connectivity index (χ3v) is 7.17. The number of imide groups is 1. The molecule has 3 amide bonds. The van der Waals surface area contributed by atoms with E-state index in [2.05, 4.69) is 22.0 Å². The second-order valence-electron chi connectivity index (χ2n) is 9.07. The van der Waals surface area contributed by atoms with Crippen molar-refractivity contribution in [2.24, 2.45) is 5.92 Å². The highest BCUT2D eigenvalue weighted by molar-refractivity contribution is 6.05. The van der Waals surface area contributed by atoms with Crippen molar-refractivity contribution in [1.82, 2.24) is 20.9 Å². The molecule has 7 nitrogen and oxygen atoms in total. The van der Waals surface area contributed by atoms with Crippen molar-refractivity contribution in [3.8, 4) is 0 Å². The molecule has 2 bridgehead atoms. The summed E-state index contributed by atoms with van der Waals surface area (Å²) in [6, 6.07) is 5.27. The zero-order chi connectivity index (χ0) is 20.0. The topological polar surface area (TPSA) is 90.5 Å². The lowest BCUT2D eigenvalue weighted by Crippen LogP contribution is -2.52. The Morgan fingerprint density at radius 2 is 2.10 bits per heavy atom. The smallest absolute Gasteiger partial charge is 0.255 e. The van der Waals surface area contributed by atoms with Crippen LogP contribution in [-0.2, 0) is 22.7 Å². The van der Waals surface area contributed by atoms with Crippen molar-refractivity contribution in [3.05, 3.63) is 34.9 Å². The van der Waals surface area contributed by atoms with Crippen LogP contribution in [0.15, 0.2) is 18.2 Å². The van der Waals surface area contributed by atoms with Gasteiger partial charge in [-0.2, -0.15) is 0 Å². The SMILES string of the molecule is O=C1CCC(N2Cc3c(CNC[C@@]45CCCC(CN4)C5)cccc3C2=O)C(=O)N1. The number of carbonyl (C=O) groups excluding carboxylic acids is 3. The lowest BCUT2D eigenvalue weighted by Gasteiger charge is -2.33. The lowest BCUT2D eigenvalue weighted by atomic mass is 9.80. The van der Waals surface area contributed by atoms with Crippen molar-refractivity contribution >= 4 is 17.7 Å². The summed E-state index contributed by atoms with van der Waals surface area (Å²) in [5.74, 6) is 0.0965. The highest BCUT2D eigenvalue weighted by Crippen LogP contribution is 2.37. The summed E-state index contributed by atoms with van der Waals surface area (Å²) in [4.78, 5) is 38.2. The van der Waals surface area contributed by atoms with Gasteiger partial charge in [0.05, 0.1) is 0 Å². The fourth-order valence-corrected chi connectivity index (χ4v) is 5.66. The zero-order valence-corrected chi connectivity index (χ0v) is 16.6. The Labute approximate surface area is 170 Å². The van der Waals surface area contributed by atoms with E-state index in [-0.39, 0.29) is 29.7 Å². The Bertz CT molecular complexity index is 866. The number of piperidine rings is 1. The summed E-state index contributed by atoms with van der Waals surface area (Å²) in [6.07, 6.45) is 5.81. The van der Waals surface area contributed by atoms with Gasteiger partial charge in [-0.25, -0.2) is 0 Å². The van der Waals surface area contributed by atoms with Crippen molar-refractivity contribution < 1.29 is 14.4 Å². The number of hydrogen-bond donors (Lipinski definition) is 3. The van der Waals surface area contributed by atoms with Gasteiger partial charge in [-0.3, -0.25) is 19.7 Å². The maximum Gasteiger partial charge on any atom is 0.255 e. The summed E-state index contributed by atoms with van der Waals surface area (Å²) < 4.78 is 0. The third kappa shape index (κ3) is 3.36. The summed E-state index contributed by atoms with van der Waals surface area (Å²) >= 11 is 0. The normalized spacial score (nSPS) is 31.2. The first-order valence-corrected chi connectivity index (χ1v) is 10.8. The van der Waals surface area contributed by atoms with Crippen LogP contribution < -0.4 is 16.0 Å². The van der Waals surface area contributed by atoms with Crippen LogP contribution in [0.25, 0.3) is 0 Å². The molecular weight excluding hydrogens is 368 g/mol. The molecule has 154 valence electrons. The minimum atomic E-state index is -0.561. The van der Waals surface area contributed by atoms with Crippen LogP contribution in [0.1, 0.15) is 60.0 Å². The van der Waals surface area contributed by atoms with Crippen LogP contribution in [0, 0.1) is 5.92 Å². The van der Waals surface area contributed by atoms with Gasteiger partial charge in [0.15, 0.2) is 0 Å². The molecular formula is C22H28N4O3. The van der Waals surface area contributed by atoms with E-state index in [0.717, 1.165) is 30.1 Å². The third-order valence-electron chi connectivity index (χ3n) is 7.17. The van der Waals surface area contributed by atoms with Gasteiger partial charge >= 0.3 is 0 Å². The highest BCUT2D eigenvalue weighted by atomic mass is 16.2. The average molecular weight is 396 g/mol. The maximum atomic E-state index is 12.9. The highest BCUT2D eigenvalue weighted by Gasteiger charge is 2.42. The minimum absolute atomic E-state index is 0.109. The molecule has 29 heavy (non-hydrogen) atoms. The number of hydrogen-bond acceptors (Lipinski definition) is 5. The van der Waals surface area contributed by atoms with Crippen LogP contribution in [0.4, 0.5) is 0 Å². The van der Waals surface area contributed by atoms with Gasteiger partial charge in [-0.05, 0) is 55.3 Å². The molecule has 2 saturated heterocycles. The zero-order valence-electron chi connectivity index (χ0n) is 16.6. The van der Waals surface area contributed by atoms with E-state index in [0.29, 0.717) is 25.1 Å². The van der Waals surface area contributed by atoms with E-state index in [9.17, 15) is 14.4 Å². The average Bonchev–Trinajstić information content (AvgIpc) is 3.19. The van der Waals surface area contributed by atoms with E-state index in [4.69, 9.17) is 0 Å². The largest absolute Gasteiger partial charge is 0.322 e. The molecule has 1 saturated carbocycles. The Hall–Kier alpha value is -2.25. The molecule has 2 unspecified atom stereocenters. The Balaban J connectivity index is 1.27. The molecule has 0 radical (unpaired) electrons. The van der Waals surface area contributed by atoms with Gasteiger partial charge in [0.2, 0.25) is 11.8 Å². The van der Waals surface area contributed by atoms with Crippen molar-refractivity contribution in [1.29, 1.82) is 0 Å². The minimum Gasteiger partial charge on any atom is -0.322 e. The van der Waals surface area contributed by atoms with Crippen molar-refractivity contribution in [3.63, 3.8) is 0 Å². The van der Waals surface area contributed by atoms with Crippen molar-refractivity contribution in [2.45, 2.75) is 63.2 Å². The van der Waals surface area contributed by atoms with E-state index in [1.54, 1.807) is 4.90 Å². The van der Waals surface area contributed by atoms with Crippen LogP contribution in [0.2, 0.25) is 0 Å². The van der Waals surface area contributed by atoms with E-state index >= 15 is 0 Å². The second kappa shape index (κ2) is 7.22. The Kier molecular flexibility index (Phi) is 4.67. The van der Waals surface area contributed by atoms with Gasteiger partial charge in [-0.1, -0.05) is 18.6 Å². The van der Waals surface area contributed by atoms with Crippen LogP contribution >= 0.6 is 0 Å². The predicted octanol–water partition coefficient (Wildman–Crippen LogP) is 1.07. The number of carbonyl (C=O) groups is 3. The summed E-state index contributed by atoms with van der Waals surface area (Å²) in [5, 5.41) is 9.73. The first-order chi connectivity index (χ1) is 14.0. The molecule has 3 heterocycles. The number of fused-ring (bicyclic) bond motifs is 3. The summed E-state index contributed by atoms with van der Waals surface area (Å²) in [6.45, 7) is 3.23. The molecule has 3 atom stereocenters. The van der Waals surface area contributed by atoms with Gasteiger partial charge in [0.1, 0.15) is 6.04 Å². The monoisotopic (exact) mass is 396 g/mol. The molecule has 1 aliphatic carbocycles. The number of nitrogens with one attached hydrogen (secondary N) is 3. The molecule has 7 heteroatoms. The first-order valence-electron chi connectivity index (χ1n) is 10.8. The van der Waals surface area contributed by atoms with Gasteiger partial charge in [0.25, 0.3) is 5.91 Å². The number of nitrogens with zero attached hydrogens (tertiary/aromatic N) is 1. The van der Waals surface area contributed by atoms with Gasteiger partial charge in [0, 0.05) is 37.2 Å². The van der Waals surface area contributed by atoms with Crippen LogP contribution in [0.3, 0.4) is 0 Å². The fraction of sp³-hybridized carbons (Fsp3) is 0.591. The van der Waals surface area contributed by atoms with Gasteiger partial charge in [-0.15, -0.1) is 0 Å². The summed E-state index contributed by atoms with van der Waals surface area (Å²) in [7, 11) is 0. The molecule has 4 aliphatic rings. The Morgan fingerprint density at radius 1 is 1.21 bits per heavy atom. The summed E-state index contributed by atoms with van der Waals surface area (Å²) in [5.41, 5.74) is 3.04. The molecule has 0 spiro atoms. The fourth-order valence-electron chi connectivity index (χ4n) is 5.66. The Morgan fingerprint density at radius 3 is 2.97 bits per heavy atom. The lowest BCUT2D eigenvalue weighted by molar-refractivity contribution is -0.136. The molecule has 3 N–H and O–H groups in total. The van der Waals surface area contributed by atoms with E-state index in [1.807, 2.05) is 12.1 Å². The predicted molar refractivity (Wildman–Crippen MR) is 107 cm³/mol. The molecule has 3 aliphatic heterocycles. The molecule has 5 rings (SSSR count). The molecule has 0 aromatic heterocycles. The number of amides is 3. The maximum absolute atomic E-state index is 12.9. The standard InChI is InChI=1S/C22H28N4O3/c27-19-7-6-18(20(28)25-19)26-12-17-15(4-1-5-16(17)21(26)29)11-23-13-22-8-2-3-14(9-22)10-24-22/h1,4-5,14,18,23-24H,2-3,6-13H2,(H,25,27,28)/t14?,18?,22-/m0/s1.